The largest absolute Gasteiger partial charge is 0.497 e. The molecule has 7 nitrogen and oxygen atoms in total. The van der Waals surface area contributed by atoms with Crippen LogP contribution < -0.4 is 20.5 Å². The quantitative estimate of drug-likeness (QED) is 0.267. The molecule has 0 spiro atoms. The Morgan fingerprint density at radius 3 is 2.49 bits per heavy atom. The van der Waals surface area contributed by atoms with Crippen LogP contribution in [0.4, 0.5) is 4.39 Å². The number of carbonyl (C=O) groups is 1. The lowest BCUT2D eigenvalue weighted by molar-refractivity contribution is -0.133. The first-order valence-corrected chi connectivity index (χ1v) is 10.8. The Bertz CT molecular complexity index is 1190. The van der Waals surface area contributed by atoms with Gasteiger partial charge in [0.25, 0.3) is 5.91 Å². The zero-order valence-corrected chi connectivity index (χ0v) is 20.6. The molecule has 0 aliphatic heterocycles. The number of rotatable bonds is 10. The molecule has 0 saturated heterocycles. The monoisotopic (exact) mass is 501 g/mol. The van der Waals surface area contributed by atoms with E-state index in [1.807, 2.05) is 31.2 Å². The molecule has 0 saturated carbocycles. The highest BCUT2D eigenvalue weighted by molar-refractivity contribution is 5.95. The topological polar surface area (TPSA) is 107 Å². The summed E-state index contributed by atoms with van der Waals surface area (Å²) >= 11 is 0. The van der Waals surface area contributed by atoms with Gasteiger partial charge in [0, 0.05) is 35.9 Å². The number of carbonyl (C=O) groups excluding carboxylic acids is 1. The molecule has 1 amide bonds. The number of amides is 1. The number of nitrogens with one attached hydrogen (secondary N) is 2. The number of ether oxygens (including phenoxy) is 3. The van der Waals surface area contributed by atoms with E-state index in [4.69, 9.17) is 25.4 Å². The SMILES string of the molecule is CCOC(C(=O)NCc1ccc(C(=N)N)cc1Oc1ccccc1C)c1ccc(OC)cc1F.Cl. The molecule has 35 heavy (non-hydrogen) atoms. The van der Waals surface area contributed by atoms with E-state index in [2.05, 4.69) is 5.32 Å². The highest BCUT2D eigenvalue weighted by Gasteiger charge is 2.25. The van der Waals surface area contributed by atoms with Gasteiger partial charge in [0.1, 0.15) is 28.9 Å². The second-order valence-corrected chi connectivity index (χ2v) is 7.54. The van der Waals surface area contributed by atoms with E-state index in [9.17, 15) is 9.18 Å². The highest BCUT2D eigenvalue weighted by Crippen LogP contribution is 2.30. The average Bonchev–Trinajstić information content (AvgIpc) is 2.83. The molecule has 3 rings (SSSR count). The Morgan fingerprint density at radius 1 is 1.11 bits per heavy atom. The Labute approximate surface area is 210 Å². The molecular weight excluding hydrogens is 473 g/mol. The predicted octanol–water partition coefficient (Wildman–Crippen LogP) is 5.03. The van der Waals surface area contributed by atoms with E-state index in [0.717, 1.165) is 5.56 Å². The average molecular weight is 502 g/mol. The van der Waals surface area contributed by atoms with E-state index in [1.165, 1.54) is 19.2 Å². The maximum absolute atomic E-state index is 14.6. The standard InChI is InChI=1S/C26H28FN3O4.ClH/c1-4-33-24(20-12-11-19(32-3)14-21(20)27)26(31)30-15-18-10-9-17(25(28)29)13-23(18)34-22-8-6-5-7-16(22)2;/h5-14,24H,4,15H2,1-3H3,(H3,28,29)(H,30,31);1H. The predicted molar refractivity (Wildman–Crippen MR) is 135 cm³/mol. The molecule has 0 aliphatic carbocycles. The third-order valence-corrected chi connectivity index (χ3v) is 5.21. The number of nitrogen functional groups attached to an aromatic ring is 1. The molecule has 0 aliphatic rings. The fraction of sp³-hybridized carbons (Fsp3) is 0.231. The number of nitrogens with two attached hydrogens (primary N) is 1. The number of hydrogen-bond donors (Lipinski definition) is 3. The number of para-hydroxylation sites is 1. The lowest BCUT2D eigenvalue weighted by Crippen LogP contribution is -2.31. The first-order chi connectivity index (χ1) is 16.3. The van der Waals surface area contributed by atoms with Crippen LogP contribution in [0.3, 0.4) is 0 Å². The van der Waals surface area contributed by atoms with Crippen LogP contribution in [-0.2, 0) is 16.1 Å². The Morgan fingerprint density at radius 2 is 1.86 bits per heavy atom. The van der Waals surface area contributed by atoms with Gasteiger partial charge in [-0.1, -0.05) is 30.3 Å². The lowest BCUT2D eigenvalue weighted by Gasteiger charge is -2.19. The van der Waals surface area contributed by atoms with Gasteiger partial charge in [-0.15, -0.1) is 12.4 Å². The molecule has 0 aromatic heterocycles. The minimum absolute atomic E-state index is 0. The Hall–Kier alpha value is -3.62. The summed E-state index contributed by atoms with van der Waals surface area (Å²) < 4.78 is 31.3. The third-order valence-electron chi connectivity index (χ3n) is 5.21. The molecule has 4 N–H and O–H groups in total. The van der Waals surface area contributed by atoms with Crippen molar-refractivity contribution in [3.8, 4) is 17.2 Å². The summed E-state index contributed by atoms with van der Waals surface area (Å²) in [6.07, 6.45) is -1.13. The molecular formula is C26H29ClFN3O4. The molecule has 0 radical (unpaired) electrons. The number of hydrogen-bond acceptors (Lipinski definition) is 5. The van der Waals surface area contributed by atoms with E-state index in [1.54, 1.807) is 31.2 Å². The molecule has 1 atom stereocenters. The van der Waals surface area contributed by atoms with E-state index in [0.29, 0.717) is 28.4 Å². The second kappa shape index (κ2) is 12.7. The van der Waals surface area contributed by atoms with Crippen molar-refractivity contribution in [2.24, 2.45) is 5.73 Å². The van der Waals surface area contributed by atoms with E-state index in [-0.39, 0.29) is 37.0 Å². The van der Waals surface area contributed by atoms with Crippen molar-refractivity contribution in [2.45, 2.75) is 26.5 Å². The number of methoxy groups -OCH3 is 1. The Kier molecular flexibility index (Phi) is 10.1. The molecule has 3 aromatic rings. The molecule has 3 aromatic carbocycles. The van der Waals surface area contributed by atoms with Gasteiger partial charge in [0.05, 0.1) is 7.11 Å². The fourth-order valence-corrected chi connectivity index (χ4v) is 3.35. The molecule has 0 bridgehead atoms. The third kappa shape index (κ3) is 6.94. The highest BCUT2D eigenvalue weighted by atomic mass is 35.5. The van der Waals surface area contributed by atoms with Crippen molar-refractivity contribution in [1.82, 2.24) is 5.32 Å². The zero-order valence-electron chi connectivity index (χ0n) is 19.8. The summed E-state index contributed by atoms with van der Waals surface area (Å²) in [4.78, 5) is 13.0. The second-order valence-electron chi connectivity index (χ2n) is 7.54. The summed E-state index contributed by atoms with van der Waals surface area (Å²) in [7, 11) is 1.44. The van der Waals surface area contributed by atoms with Gasteiger partial charge in [-0.3, -0.25) is 10.2 Å². The molecule has 9 heteroatoms. The van der Waals surface area contributed by atoms with Crippen molar-refractivity contribution >= 4 is 24.1 Å². The number of aryl methyl sites for hydroxylation is 1. The maximum Gasteiger partial charge on any atom is 0.254 e. The van der Waals surface area contributed by atoms with Crippen molar-refractivity contribution in [3.05, 3.63) is 88.7 Å². The summed E-state index contributed by atoms with van der Waals surface area (Å²) in [5.41, 5.74) is 7.84. The number of benzene rings is 3. The van der Waals surface area contributed by atoms with E-state index < -0.39 is 17.8 Å². The van der Waals surface area contributed by atoms with Crippen molar-refractivity contribution < 1.29 is 23.4 Å². The first-order valence-electron chi connectivity index (χ1n) is 10.8. The van der Waals surface area contributed by atoms with Crippen LogP contribution in [0, 0.1) is 18.2 Å². The Balaban J connectivity index is 0.00000432. The summed E-state index contributed by atoms with van der Waals surface area (Å²) in [6, 6.07) is 16.8. The van der Waals surface area contributed by atoms with Gasteiger partial charge in [0.15, 0.2) is 6.10 Å². The summed E-state index contributed by atoms with van der Waals surface area (Å²) in [5.74, 6) is 0.247. The van der Waals surface area contributed by atoms with Gasteiger partial charge in [0.2, 0.25) is 0 Å². The minimum atomic E-state index is -1.13. The molecule has 1 unspecified atom stereocenters. The van der Waals surface area contributed by atoms with E-state index >= 15 is 0 Å². The zero-order chi connectivity index (χ0) is 24.7. The van der Waals surface area contributed by atoms with Crippen molar-refractivity contribution in [2.75, 3.05) is 13.7 Å². The summed E-state index contributed by atoms with van der Waals surface area (Å²) in [6.45, 7) is 3.97. The fourth-order valence-electron chi connectivity index (χ4n) is 3.35. The molecule has 0 fully saturated rings. The number of amidine groups is 1. The van der Waals surface area contributed by atoms with Gasteiger partial charge in [-0.05, 0) is 43.7 Å². The van der Waals surface area contributed by atoms with Crippen molar-refractivity contribution in [3.63, 3.8) is 0 Å². The van der Waals surface area contributed by atoms with Crippen LogP contribution in [0.1, 0.15) is 35.3 Å². The number of halogens is 2. The van der Waals surface area contributed by atoms with Crippen LogP contribution >= 0.6 is 12.4 Å². The smallest absolute Gasteiger partial charge is 0.254 e. The van der Waals surface area contributed by atoms with Crippen molar-refractivity contribution in [1.29, 1.82) is 5.41 Å². The first kappa shape index (κ1) is 27.6. The van der Waals surface area contributed by atoms with Gasteiger partial charge < -0.3 is 25.3 Å². The normalized spacial score (nSPS) is 11.2. The van der Waals surface area contributed by atoms with Crippen LogP contribution in [0.5, 0.6) is 17.2 Å². The summed E-state index contributed by atoms with van der Waals surface area (Å²) in [5, 5.41) is 10.5. The lowest BCUT2D eigenvalue weighted by atomic mass is 10.1. The minimum Gasteiger partial charge on any atom is -0.497 e. The van der Waals surface area contributed by atoms with Crippen LogP contribution in [0.15, 0.2) is 60.7 Å². The van der Waals surface area contributed by atoms with Crippen LogP contribution in [0.25, 0.3) is 0 Å². The maximum atomic E-state index is 14.6. The molecule has 186 valence electrons. The van der Waals surface area contributed by atoms with Gasteiger partial charge >= 0.3 is 0 Å². The van der Waals surface area contributed by atoms with Gasteiger partial charge in [-0.25, -0.2) is 4.39 Å². The van der Waals surface area contributed by atoms with Crippen LogP contribution in [0.2, 0.25) is 0 Å². The van der Waals surface area contributed by atoms with Gasteiger partial charge in [-0.2, -0.15) is 0 Å². The molecule has 0 heterocycles. The van der Waals surface area contributed by atoms with Crippen LogP contribution in [-0.4, -0.2) is 25.5 Å².